The summed E-state index contributed by atoms with van der Waals surface area (Å²) in [4.78, 5) is 12.4. The van der Waals surface area contributed by atoms with Gasteiger partial charge in [-0.15, -0.1) is 0 Å². The lowest BCUT2D eigenvalue weighted by Gasteiger charge is -2.40. The van der Waals surface area contributed by atoms with Gasteiger partial charge in [0.15, 0.2) is 0 Å². The highest BCUT2D eigenvalue weighted by atomic mass is 16.3. The molecule has 1 fully saturated rings. The van der Waals surface area contributed by atoms with E-state index in [4.69, 9.17) is 0 Å². The quantitative estimate of drug-likeness (QED) is 0.769. The van der Waals surface area contributed by atoms with E-state index in [2.05, 4.69) is 12.1 Å². The van der Waals surface area contributed by atoms with Crippen LogP contribution in [0.5, 0.6) is 0 Å². The third-order valence-corrected chi connectivity index (χ3v) is 4.53. The van der Waals surface area contributed by atoms with E-state index >= 15 is 0 Å². The Labute approximate surface area is 107 Å². The van der Waals surface area contributed by atoms with Crippen molar-refractivity contribution in [1.29, 1.82) is 0 Å². The Bertz CT molecular complexity index is 467. The van der Waals surface area contributed by atoms with E-state index in [0.29, 0.717) is 25.7 Å². The summed E-state index contributed by atoms with van der Waals surface area (Å²) in [6.45, 7) is 0. The molecule has 0 heterocycles. The summed E-state index contributed by atoms with van der Waals surface area (Å²) in [7, 11) is 0. The molecule has 2 nitrogen and oxygen atoms in total. The number of allylic oxidation sites excluding steroid dienone is 2. The molecule has 0 aliphatic heterocycles. The standard InChI is InChI=1S/C16H18O2/c17-14-10-13(12-6-2-1-3-7-12)11-15(18)16(14)8-4-5-9-16/h1-7,13-14,17H,8-11H2. The van der Waals surface area contributed by atoms with E-state index in [1.54, 1.807) is 0 Å². The van der Waals surface area contributed by atoms with Crippen molar-refractivity contribution in [3.63, 3.8) is 0 Å². The van der Waals surface area contributed by atoms with Crippen LogP contribution in [0.1, 0.15) is 37.2 Å². The molecule has 18 heavy (non-hydrogen) atoms. The maximum Gasteiger partial charge on any atom is 0.142 e. The molecule has 2 aliphatic carbocycles. The Morgan fingerprint density at radius 2 is 1.78 bits per heavy atom. The lowest BCUT2D eigenvalue weighted by molar-refractivity contribution is -0.140. The second kappa shape index (κ2) is 4.36. The molecule has 94 valence electrons. The minimum absolute atomic E-state index is 0.180. The predicted molar refractivity (Wildman–Crippen MR) is 70.2 cm³/mol. The normalized spacial score (nSPS) is 29.9. The van der Waals surface area contributed by atoms with Crippen molar-refractivity contribution < 1.29 is 9.90 Å². The van der Waals surface area contributed by atoms with Crippen molar-refractivity contribution in [2.24, 2.45) is 5.41 Å². The monoisotopic (exact) mass is 242 g/mol. The highest BCUT2D eigenvalue weighted by Gasteiger charge is 2.49. The van der Waals surface area contributed by atoms with E-state index in [1.165, 1.54) is 5.56 Å². The van der Waals surface area contributed by atoms with Crippen LogP contribution in [0, 0.1) is 5.41 Å². The molecule has 1 aromatic carbocycles. The van der Waals surface area contributed by atoms with Crippen LogP contribution in [-0.2, 0) is 4.79 Å². The van der Waals surface area contributed by atoms with Crippen LogP contribution < -0.4 is 0 Å². The average Bonchev–Trinajstić information content (AvgIpc) is 2.88. The third kappa shape index (κ3) is 1.72. The van der Waals surface area contributed by atoms with Crippen molar-refractivity contribution in [2.75, 3.05) is 0 Å². The van der Waals surface area contributed by atoms with Gasteiger partial charge in [0.1, 0.15) is 5.78 Å². The van der Waals surface area contributed by atoms with Gasteiger partial charge in [-0.05, 0) is 30.7 Å². The summed E-state index contributed by atoms with van der Waals surface area (Å²) < 4.78 is 0. The Balaban J connectivity index is 1.83. The lowest BCUT2D eigenvalue weighted by Crippen LogP contribution is -2.46. The van der Waals surface area contributed by atoms with Crippen molar-refractivity contribution in [3.8, 4) is 0 Å². The first-order valence-corrected chi connectivity index (χ1v) is 6.64. The minimum Gasteiger partial charge on any atom is -0.392 e. The lowest BCUT2D eigenvalue weighted by atomic mass is 9.65. The van der Waals surface area contributed by atoms with E-state index in [-0.39, 0.29) is 11.7 Å². The number of benzene rings is 1. The molecular formula is C16H18O2. The molecule has 1 aromatic rings. The highest BCUT2D eigenvalue weighted by Crippen LogP contribution is 2.47. The Morgan fingerprint density at radius 3 is 2.39 bits per heavy atom. The zero-order chi connectivity index (χ0) is 12.6. The van der Waals surface area contributed by atoms with Gasteiger partial charge in [0.25, 0.3) is 0 Å². The number of rotatable bonds is 1. The fourth-order valence-corrected chi connectivity index (χ4v) is 3.34. The highest BCUT2D eigenvalue weighted by molar-refractivity contribution is 5.88. The van der Waals surface area contributed by atoms with Crippen LogP contribution >= 0.6 is 0 Å². The molecular weight excluding hydrogens is 224 g/mol. The molecule has 0 aromatic heterocycles. The number of aliphatic hydroxyl groups excluding tert-OH is 1. The largest absolute Gasteiger partial charge is 0.392 e. The second-order valence-corrected chi connectivity index (χ2v) is 5.52. The molecule has 2 atom stereocenters. The number of hydrogen-bond acceptors (Lipinski definition) is 2. The van der Waals surface area contributed by atoms with Crippen LogP contribution in [0.2, 0.25) is 0 Å². The van der Waals surface area contributed by atoms with Gasteiger partial charge in [0.2, 0.25) is 0 Å². The van der Waals surface area contributed by atoms with E-state index < -0.39 is 11.5 Å². The van der Waals surface area contributed by atoms with Gasteiger partial charge in [-0.3, -0.25) is 4.79 Å². The molecule has 0 radical (unpaired) electrons. The summed E-state index contributed by atoms with van der Waals surface area (Å²) in [5.74, 6) is 0.417. The summed E-state index contributed by atoms with van der Waals surface area (Å²) in [5.41, 5.74) is 0.677. The number of carbonyl (C=O) groups excluding carboxylic acids is 1. The van der Waals surface area contributed by atoms with Gasteiger partial charge in [-0.2, -0.15) is 0 Å². The molecule has 2 aliphatic rings. The molecule has 2 heteroatoms. The first-order valence-electron chi connectivity index (χ1n) is 6.64. The fraction of sp³-hybridized carbons (Fsp3) is 0.438. The van der Waals surface area contributed by atoms with Gasteiger partial charge in [-0.25, -0.2) is 0 Å². The van der Waals surface area contributed by atoms with Gasteiger partial charge < -0.3 is 5.11 Å². The minimum atomic E-state index is -0.501. The first kappa shape index (κ1) is 11.7. The van der Waals surface area contributed by atoms with Crippen LogP contribution in [0.25, 0.3) is 0 Å². The Hall–Kier alpha value is -1.41. The number of aliphatic hydroxyl groups is 1. The molecule has 1 saturated carbocycles. The number of Topliss-reactive ketones (excluding diaryl/α,β-unsaturated/α-hetero) is 1. The van der Waals surface area contributed by atoms with Gasteiger partial charge in [0, 0.05) is 6.42 Å². The molecule has 0 saturated heterocycles. The number of hydrogen-bond donors (Lipinski definition) is 1. The molecule has 1 spiro atoms. The fourth-order valence-electron chi connectivity index (χ4n) is 3.34. The number of ketones is 1. The third-order valence-electron chi connectivity index (χ3n) is 4.53. The molecule has 0 amide bonds. The van der Waals surface area contributed by atoms with E-state index in [1.807, 2.05) is 30.4 Å². The maximum atomic E-state index is 12.4. The zero-order valence-corrected chi connectivity index (χ0v) is 10.4. The van der Waals surface area contributed by atoms with E-state index in [0.717, 1.165) is 0 Å². The molecule has 3 rings (SSSR count). The van der Waals surface area contributed by atoms with Crippen molar-refractivity contribution >= 4 is 5.78 Å². The summed E-state index contributed by atoms with van der Waals surface area (Å²) in [6.07, 6.45) is 6.27. The second-order valence-electron chi connectivity index (χ2n) is 5.52. The Morgan fingerprint density at radius 1 is 1.11 bits per heavy atom. The maximum absolute atomic E-state index is 12.4. The average molecular weight is 242 g/mol. The van der Waals surface area contributed by atoms with Crippen LogP contribution in [0.15, 0.2) is 42.5 Å². The van der Waals surface area contributed by atoms with Crippen molar-refractivity contribution in [2.45, 2.75) is 37.7 Å². The van der Waals surface area contributed by atoms with Gasteiger partial charge in [0.05, 0.1) is 11.5 Å². The van der Waals surface area contributed by atoms with E-state index in [9.17, 15) is 9.90 Å². The van der Waals surface area contributed by atoms with Gasteiger partial charge >= 0.3 is 0 Å². The SMILES string of the molecule is O=C1CC(c2ccccc2)CC(O)C12CC=CC2. The zero-order valence-electron chi connectivity index (χ0n) is 10.4. The molecule has 2 unspecified atom stereocenters. The topological polar surface area (TPSA) is 37.3 Å². The number of carbonyl (C=O) groups is 1. The van der Waals surface area contributed by atoms with Crippen molar-refractivity contribution in [1.82, 2.24) is 0 Å². The summed E-state index contributed by atoms with van der Waals surface area (Å²) >= 11 is 0. The molecule has 1 N–H and O–H groups in total. The predicted octanol–water partition coefficient (Wildman–Crippen LogP) is 2.83. The smallest absolute Gasteiger partial charge is 0.142 e. The van der Waals surface area contributed by atoms with Crippen LogP contribution in [0.4, 0.5) is 0 Å². The van der Waals surface area contributed by atoms with Crippen molar-refractivity contribution in [3.05, 3.63) is 48.0 Å². The summed E-state index contributed by atoms with van der Waals surface area (Å²) in [6, 6.07) is 10.1. The van der Waals surface area contributed by atoms with Crippen LogP contribution in [0.3, 0.4) is 0 Å². The Kier molecular flexibility index (Phi) is 2.83. The first-order chi connectivity index (χ1) is 8.72. The van der Waals surface area contributed by atoms with Gasteiger partial charge in [-0.1, -0.05) is 42.5 Å². The summed E-state index contributed by atoms with van der Waals surface area (Å²) in [5, 5.41) is 10.4. The molecule has 0 bridgehead atoms. The van der Waals surface area contributed by atoms with Crippen LogP contribution in [-0.4, -0.2) is 17.0 Å².